The number of imidazole rings is 1. The predicted octanol–water partition coefficient (Wildman–Crippen LogP) is 2.95. The molecule has 0 spiro atoms. The fourth-order valence-corrected chi connectivity index (χ4v) is 2.93. The third-order valence-electron chi connectivity index (χ3n) is 4.24. The van der Waals surface area contributed by atoms with Crippen LogP contribution in [0.2, 0.25) is 0 Å². The van der Waals surface area contributed by atoms with Gasteiger partial charge in [0, 0.05) is 5.56 Å². The first-order valence-corrected chi connectivity index (χ1v) is 6.99. The second-order valence-electron chi connectivity index (χ2n) is 5.65. The molecule has 0 saturated heterocycles. The first-order chi connectivity index (χ1) is 10.8. The fourth-order valence-electron chi connectivity index (χ4n) is 2.93. The number of nitrogens with one attached hydrogen (secondary N) is 2. The summed E-state index contributed by atoms with van der Waals surface area (Å²) in [5.41, 5.74) is 2.18. The molecule has 1 aliphatic rings. The third-order valence-corrected chi connectivity index (χ3v) is 4.24. The van der Waals surface area contributed by atoms with Crippen molar-refractivity contribution >= 4 is 5.91 Å². The van der Waals surface area contributed by atoms with Crippen LogP contribution in [0, 0.1) is 11.8 Å². The molecule has 8 heteroatoms. The molecule has 3 unspecified atom stereocenters. The number of hydroxylamine groups is 1. The van der Waals surface area contributed by atoms with Crippen molar-refractivity contribution in [2.45, 2.75) is 19.0 Å². The number of nitrogens with zero attached hydrogens (tertiary/aromatic N) is 1. The summed E-state index contributed by atoms with van der Waals surface area (Å²) in [6, 6.07) is 6.84. The SMILES string of the molecule is CC1C(C(=O)NO)C1c1ccc(-c2ncc(C(F)(F)F)[nH]2)cc1. The van der Waals surface area contributed by atoms with Crippen molar-refractivity contribution in [3.63, 3.8) is 0 Å². The van der Waals surface area contributed by atoms with Gasteiger partial charge in [0.2, 0.25) is 5.91 Å². The molecule has 1 saturated carbocycles. The van der Waals surface area contributed by atoms with Gasteiger partial charge in [-0.15, -0.1) is 0 Å². The quantitative estimate of drug-likeness (QED) is 0.600. The van der Waals surface area contributed by atoms with Crippen molar-refractivity contribution in [2.24, 2.45) is 11.8 Å². The number of hydrogen-bond acceptors (Lipinski definition) is 3. The average molecular weight is 325 g/mol. The lowest BCUT2D eigenvalue weighted by Crippen LogP contribution is -2.21. The third kappa shape index (κ3) is 2.81. The molecule has 1 aliphatic carbocycles. The van der Waals surface area contributed by atoms with E-state index in [-0.39, 0.29) is 23.6 Å². The zero-order valence-corrected chi connectivity index (χ0v) is 12.1. The van der Waals surface area contributed by atoms with Gasteiger partial charge in [0.25, 0.3) is 0 Å². The second kappa shape index (κ2) is 5.38. The van der Waals surface area contributed by atoms with Gasteiger partial charge >= 0.3 is 6.18 Å². The van der Waals surface area contributed by atoms with Gasteiger partial charge in [0.05, 0.1) is 12.1 Å². The highest BCUT2D eigenvalue weighted by molar-refractivity contribution is 5.82. The molecule has 3 rings (SSSR count). The zero-order valence-electron chi connectivity index (χ0n) is 12.1. The number of halogens is 3. The second-order valence-corrected chi connectivity index (χ2v) is 5.65. The summed E-state index contributed by atoms with van der Waals surface area (Å²) in [7, 11) is 0. The van der Waals surface area contributed by atoms with E-state index in [2.05, 4.69) is 9.97 Å². The Hall–Kier alpha value is -2.35. The number of rotatable bonds is 3. The predicted molar refractivity (Wildman–Crippen MR) is 74.3 cm³/mol. The molecule has 23 heavy (non-hydrogen) atoms. The van der Waals surface area contributed by atoms with Crippen LogP contribution in [-0.2, 0) is 11.0 Å². The van der Waals surface area contributed by atoms with Gasteiger partial charge in [-0.3, -0.25) is 10.0 Å². The van der Waals surface area contributed by atoms with E-state index >= 15 is 0 Å². The number of benzene rings is 1. The monoisotopic (exact) mass is 325 g/mol. The summed E-state index contributed by atoms with van der Waals surface area (Å²) in [5.74, 6) is -0.469. The summed E-state index contributed by atoms with van der Waals surface area (Å²) < 4.78 is 37.7. The van der Waals surface area contributed by atoms with Crippen LogP contribution in [0.15, 0.2) is 30.5 Å². The molecule has 1 aromatic heterocycles. The normalized spacial score (nSPS) is 23.6. The van der Waals surface area contributed by atoms with Gasteiger partial charge in [-0.25, -0.2) is 10.5 Å². The Bertz CT molecular complexity index is 724. The molecule has 122 valence electrons. The van der Waals surface area contributed by atoms with Gasteiger partial charge in [0.15, 0.2) is 0 Å². The molecule has 0 bridgehead atoms. The Morgan fingerprint density at radius 1 is 1.30 bits per heavy atom. The molecule has 0 aliphatic heterocycles. The van der Waals surface area contributed by atoms with Gasteiger partial charge in [0.1, 0.15) is 11.5 Å². The molecule has 3 N–H and O–H groups in total. The molecular formula is C15H14F3N3O2. The van der Waals surface area contributed by atoms with Gasteiger partial charge in [-0.2, -0.15) is 13.2 Å². The number of hydrogen-bond donors (Lipinski definition) is 3. The molecule has 3 atom stereocenters. The summed E-state index contributed by atoms with van der Waals surface area (Å²) >= 11 is 0. The lowest BCUT2D eigenvalue weighted by molar-refractivity contribution is -0.140. The van der Waals surface area contributed by atoms with Crippen LogP contribution in [0.25, 0.3) is 11.4 Å². The molecule has 1 fully saturated rings. The van der Waals surface area contributed by atoms with Crippen LogP contribution in [0.1, 0.15) is 24.1 Å². The highest BCUT2D eigenvalue weighted by Gasteiger charge is 2.52. The Labute approximate surface area is 129 Å². The fraction of sp³-hybridized carbons (Fsp3) is 0.333. The minimum Gasteiger partial charge on any atom is -0.334 e. The minimum atomic E-state index is -4.46. The standard InChI is InChI=1S/C15H14F3N3O2/c1-7-11(12(7)14(22)21-23)8-2-4-9(5-3-8)13-19-6-10(20-13)15(16,17)18/h2-7,11-12,23H,1H3,(H,19,20)(H,21,22). The van der Waals surface area contributed by atoms with Crippen molar-refractivity contribution in [2.75, 3.05) is 0 Å². The Morgan fingerprint density at radius 2 is 1.96 bits per heavy atom. The van der Waals surface area contributed by atoms with E-state index in [1.54, 1.807) is 29.7 Å². The molecule has 5 nitrogen and oxygen atoms in total. The van der Waals surface area contributed by atoms with Crippen molar-refractivity contribution in [1.29, 1.82) is 0 Å². The summed E-state index contributed by atoms with van der Waals surface area (Å²) in [5, 5.41) is 8.68. The van der Waals surface area contributed by atoms with Crippen LogP contribution in [-0.4, -0.2) is 21.1 Å². The van der Waals surface area contributed by atoms with Crippen molar-refractivity contribution < 1.29 is 23.2 Å². The first-order valence-electron chi connectivity index (χ1n) is 6.99. The van der Waals surface area contributed by atoms with E-state index in [0.29, 0.717) is 5.56 Å². The van der Waals surface area contributed by atoms with Crippen molar-refractivity contribution in [3.05, 3.63) is 41.7 Å². The molecule has 2 aromatic rings. The zero-order chi connectivity index (χ0) is 16.8. The Morgan fingerprint density at radius 3 is 2.48 bits per heavy atom. The lowest BCUT2D eigenvalue weighted by atomic mass is 10.1. The largest absolute Gasteiger partial charge is 0.432 e. The molecule has 1 heterocycles. The molecular weight excluding hydrogens is 311 g/mol. The van der Waals surface area contributed by atoms with Crippen molar-refractivity contribution in [1.82, 2.24) is 15.4 Å². The van der Waals surface area contributed by atoms with E-state index in [1.807, 2.05) is 6.92 Å². The average Bonchev–Trinajstić information content (AvgIpc) is 2.96. The number of aromatic amines is 1. The van der Waals surface area contributed by atoms with Crippen LogP contribution >= 0.6 is 0 Å². The Balaban J connectivity index is 1.78. The number of aromatic nitrogens is 2. The van der Waals surface area contributed by atoms with Gasteiger partial charge < -0.3 is 4.98 Å². The maximum atomic E-state index is 12.6. The molecule has 0 radical (unpaired) electrons. The van der Waals surface area contributed by atoms with E-state index in [9.17, 15) is 18.0 Å². The summed E-state index contributed by atoms with van der Waals surface area (Å²) in [6.45, 7) is 1.90. The maximum Gasteiger partial charge on any atom is 0.432 e. The van der Waals surface area contributed by atoms with E-state index < -0.39 is 17.8 Å². The first kappa shape index (κ1) is 15.5. The number of alkyl halides is 3. The van der Waals surface area contributed by atoms with Gasteiger partial charge in [-0.05, 0) is 17.4 Å². The highest BCUT2D eigenvalue weighted by atomic mass is 19.4. The van der Waals surface area contributed by atoms with E-state index in [0.717, 1.165) is 11.8 Å². The highest BCUT2D eigenvalue weighted by Crippen LogP contribution is 2.53. The molecule has 1 aromatic carbocycles. The maximum absolute atomic E-state index is 12.6. The Kier molecular flexibility index (Phi) is 3.63. The number of amides is 1. The topological polar surface area (TPSA) is 78.0 Å². The smallest absolute Gasteiger partial charge is 0.334 e. The van der Waals surface area contributed by atoms with Gasteiger partial charge in [-0.1, -0.05) is 31.2 Å². The minimum absolute atomic E-state index is 0.00135. The van der Waals surface area contributed by atoms with Crippen LogP contribution in [0.3, 0.4) is 0 Å². The lowest BCUT2D eigenvalue weighted by Gasteiger charge is -2.03. The number of carbonyl (C=O) groups is 1. The van der Waals surface area contributed by atoms with E-state index in [4.69, 9.17) is 5.21 Å². The van der Waals surface area contributed by atoms with Crippen LogP contribution in [0.4, 0.5) is 13.2 Å². The summed E-state index contributed by atoms with van der Waals surface area (Å²) in [6.07, 6.45) is -3.70. The van der Waals surface area contributed by atoms with Crippen LogP contribution < -0.4 is 5.48 Å². The number of H-pyrrole nitrogens is 1. The summed E-state index contributed by atoms with van der Waals surface area (Å²) in [4.78, 5) is 17.5. The van der Waals surface area contributed by atoms with E-state index in [1.165, 1.54) is 0 Å². The van der Waals surface area contributed by atoms with Crippen LogP contribution in [0.5, 0.6) is 0 Å². The molecule has 1 amide bonds. The van der Waals surface area contributed by atoms with Crippen molar-refractivity contribution in [3.8, 4) is 11.4 Å². The number of carbonyl (C=O) groups excluding carboxylic acids is 1.